The van der Waals surface area contributed by atoms with Crippen LogP contribution in [0.25, 0.3) is 0 Å². The van der Waals surface area contributed by atoms with Gasteiger partial charge in [0.2, 0.25) is 0 Å². The number of ketones is 2. The number of benzene rings is 3. The van der Waals surface area contributed by atoms with E-state index in [4.69, 9.17) is 0 Å². The Morgan fingerprint density at radius 3 is 1.29 bits per heavy atom. The van der Waals surface area contributed by atoms with Gasteiger partial charge in [0.15, 0.2) is 11.6 Å². The lowest BCUT2D eigenvalue weighted by Gasteiger charge is -2.32. The van der Waals surface area contributed by atoms with Crippen LogP contribution in [0.15, 0.2) is 114 Å². The lowest BCUT2D eigenvalue weighted by Crippen LogP contribution is -2.29. The summed E-state index contributed by atoms with van der Waals surface area (Å²) in [4.78, 5) is 27.0. The highest BCUT2D eigenvalue weighted by Gasteiger charge is 2.41. The van der Waals surface area contributed by atoms with Crippen molar-refractivity contribution in [1.29, 1.82) is 0 Å². The van der Waals surface area contributed by atoms with Gasteiger partial charge in [-0.2, -0.15) is 0 Å². The summed E-state index contributed by atoms with van der Waals surface area (Å²) < 4.78 is 0. The Hall–Kier alpha value is -3.92. The van der Waals surface area contributed by atoms with Crippen molar-refractivity contribution in [3.63, 3.8) is 0 Å². The molecule has 4 nitrogen and oxygen atoms in total. The highest BCUT2D eigenvalue weighted by atomic mass is 16.3. The molecule has 0 unspecified atom stereocenters. The quantitative estimate of drug-likeness (QED) is 0.441. The monoisotopic (exact) mass is 464 g/mol. The van der Waals surface area contributed by atoms with Crippen molar-refractivity contribution in [1.82, 2.24) is 0 Å². The van der Waals surface area contributed by atoms with Crippen LogP contribution in [-0.2, 0) is 9.59 Å². The van der Waals surface area contributed by atoms with Gasteiger partial charge in [-0.25, -0.2) is 0 Å². The summed E-state index contributed by atoms with van der Waals surface area (Å²) in [6.45, 7) is 0. The third-order valence-electron chi connectivity index (χ3n) is 7.22. The number of carbonyl (C=O) groups is 2. The molecule has 0 amide bonds. The molecule has 35 heavy (non-hydrogen) atoms. The Kier molecular flexibility index (Phi) is 6.37. The van der Waals surface area contributed by atoms with Gasteiger partial charge in [0.25, 0.3) is 0 Å². The average molecular weight is 465 g/mol. The van der Waals surface area contributed by atoms with Crippen LogP contribution in [0.5, 0.6) is 0 Å². The molecule has 0 spiro atoms. The number of aliphatic hydroxyl groups is 2. The van der Waals surface area contributed by atoms with Crippen LogP contribution >= 0.6 is 0 Å². The molecule has 0 aliphatic heterocycles. The molecular weight excluding hydrogens is 436 g/mol. The minimum Gasteiger partial charge on any atom is -0.512 e. The molecule has 0 bridgehead atoms. The zero-order valence-corrected chi connectivity index (χ0v) is 19.4. The maximum absolute atomic E-state index is 13.5. The van der Waals surface area contributed by atoms with Gasteiger partial charge in [-0.15, -0.1) is 0 Å². The van der Waals surface area contributed by atoms with Crippen LogP contribution < -0.4 is 0 Å². The molecule has 2 N–H and O–H groups in total. The second kappa shape index (κ2) is 9.75. The van der Waals surface area contributed by atoms with E-state index in [2.05, 4.69) is 0 Å². The predicted molar refractivity (Wildman–Crippen MR) is 135 cm³/mol. The van der Waals surface area contributed by atoms with Crippen molar-refractivity contribution >= 4 is 11.6 Å². The zero-order chi connectivity index (χ0) is 24.4. The number of Topliss-reactive ketones (excluding diaryl/α,β-unsaturated/α-hetero) is 2. The minimum absolute atomic E-state index is 0.00207. The van der Waals surface area contributed by atoms with E-state index < -0.39 is 5.92 Å². The lowest BCUT2D eigenvalue weighted by atomic mass is 9.70. The van der Waals surface area contributed by atoms with Gasteiger partial charge in [-0.1, -0.05) is 91.0 Å². The van der Waals surface area contributed by atoms with E-state index >= 15 is 0 Å². The SMILES string of the molecule is O=C1C[C@H](c2ccccc2)CC(O)=C1C(C1=C(O)C[C@@H](c2ccccc2)CC1=O)c1ccccc1. The number of allylic oxidation sites excluding steroid dienone is 4. The second-order valence-corrected chi connectivity index (χ2v) is 9.44. The summed E-state index contributed by atoms with van der Waals surface area (Å²) in [5.74, 6) is -1.38. The van der Waals surface area contributed by atoms with E-state index in [9.17, 15) is 19.8 Å². The fourth-order valence-electron chi connectivity index (χ4n) is 5.52. The van der Waals surface area contributed by atoms with E-state index in [1.807, 2.05) is 91.0 Å². The van der Waals surface area contributed by atoms with Gasteiger partial charge in [-0.3, -0.25) is 9.59 Å². The summed E-state index contributed by atoms with van der Waals surface area (Å²) in [5, 5.41) is 22.4. The first-order valence-corrected chi connectivity index (χ1v) is 12.1. The maximum atomic E-state index is 13.5. The third-order valence-corrected chi connectivity index (χ3v) is 7.22. The van der Waals surface area contributed by atoms with Crippen LogP contribution in [0, 0.1) is 0 Å². The van der Waals surface area contributed by atoms with E-state index in [-0.39, 0.29) is 58.9 Å². The van der Waals surface area contributed by atoms with Crippen LogP contribution in [0.3, 0.4) is 0 Å². The third kappa shape index (κ3) is 4.57. The van der Waals surface area contributed by atoms with Crippen molar-refractivity contribution in [3.05, 3.63) is 130 Å². The van der Waals surface area contributed by atoms with Gasteiger partial charge >= 0.3 is 0 Å². The normalized spacial score (nSPS) is 21.1. The topological polar surface area (TPSA) is 74.6 Å². The van der Waals surface area contributed by atoms with Gasteiger partial charge in [0, 0.05) is 42.7 Å². The molecule has 0 fully saturated rings. The van der Waals surface area contributed by atoms with E-state index in [1.54, 1.807) is 0 Å². The van der Waals surface area contributed by atoms with E-state index in [0.29, 0.717) is 18.4 Å². The van der Waals surface area contributed by atoms with Gasteiger partial charge in [-0.05, 0) is 28.5 Å². The fraction of sp³-hybridized carbons (Fsp3) is 0.226. The number of carbonyl (C=O) groups excluding carboxylic acids is 2. The second-order valence-electron chi connectivity index (χ2n) is 9.44. The highest BCUT2D eigenvalue weighted by molar-refractivity contribution is 6.05. The summed E-state index contributed by atoms with van der Waals surface area (Å²) in [5.41, 5.74) is 3.19. The number of aliphatic hydroxyl groups excluding tert-OH is 2. The van der Waals surface area contributed by atoms with Crippen LogP contribution in [0.4, 0.5) is 0 Å². The minimum atomic E-state index is -0.787. The number of rotatable bonds is 5. The molecule has 0 saturated carbocycles. The number of hydrogen-bond acceptors (Lipinski definition) is 4. The van der Waals surface area contributed by atoms with Gasteiger partial charge < -0.3 is 10.2 Å². The molecule has 4 heteroatoms. The van der Waals surface area contributed by atoms with Gasteiger partial charge in [0.1, 0.15) is 11.5 Å². The summed E-state index contributed by atoms with van der Waals surface area (Å²) >= 11 is 0. The van der Waals surface area contributed by atoms with Crippen LogP contribution in [0.1, 0.15) is 60.1 Å². The highest BCUT2D eigenvalue weighted by Crippen LogP contribution is 2.46. The van der Waals surface area contributed by atoms with Crippen molar-refractivity contribution in [2.45, 2.75) is 43.4 Å². The summed E-state index contributed by atoms with van der Waals surface area (Å²) in [6.07, 6.45) is 1.15. The van der Waals surface area contributed by atoms with Crippen molar-refractivity contribution in [2.75, 3.05) is 0 Å². The first-order valence-electron chi connectivity index (χ1n) is 12.1. The van der Waals surface area contributed by atoms with E-state index in [0.717, 1.165) is 11.1 Å². The molecule has 3 aromatic carbocycles. The predicted octanol–water partition coefficient (Wildman–Crippen LogP) is 6.69. The Bertz CT molecular complexity index is 1210. The Balaban J connectivity index is 1.56. The molecule has 5 rings (SSSR count). The summed E-state index contributed by atoms with van der Waals surface area (Å²) in [7, 11) is 0. The molecule has 176 valence electrons. The fourth-order valence-corrected chi connectivity index (χ4v) is 5.52. The lowest BCUT2D eigenvalue weighted by molar-refractivity contribution is -0.117. The molecule has 3 aromatic rings. The van der Waals surface area contributed by atoms with Crippen LogP contribution in [-0.4, -0.2) is 21.8 Å². The molecule has 0 heterocycles. The Labute approximate surface area is 205 Å². The first kappa shape index (κ1) is 22.9. The molecule has 2 atom stereocenters. The Morgan fingerprint density at radius 2 is 0.914 bits per heavy atom. The first-order chi connectivity index (χ1) is 17.0. The zero-order valence-electron chi connectivity index (χ0n) is 19.4. The molecule has 0 radical (unpaired) electrons. The van der Waals surface area contributed by atoms with Crippen molar-refractivity contribution in [3.8, 4) is 0 Å². The van der Waals surface area contributed by atoms with Crippen molar-refractivity contribution < 1.29 is 19.8 Å². The average Bonchev–Trinajstić information content (AvgIpc) is 2.88. The standard InChI is InChI=1S/C31H28O4/c32-25-16-23(20-10-4-1-5-11-20)17-26(33)30(25)29(22-14-8-3-9-15-22)31-27(34)18-24(19-28(31)35)21-12-6-2-7-13-21/h1-15,23-24,29,32,34H,16-19H2/t23-,24-/m1/s1. The van der Waals surface area contributed by atoms with E-state index in [1.165, 1.54) is 0 Å². The number of hydrogen-bond donors (Lipinski definition) is 2. The molecule has 2 aliphatic rings. The summed E-state index contributed by atoms with van der Waals surface area (Å²) in [6, 6.07) is 28.7. The smallest absolute Gasteiger partial charge is 0.163 e. The Morgan fingerprint density at radius 1 is 0.543 bits per heavy atom. The molecule has 0 saturated heterocycles. The maximum Gasteiger partial charge on any atom is 0.163 e. The molecular formula is C31H28O4. The molecule has 0 aromatic heterocycles. The largest absolute Gasteiger partial charge is 0.512 e. The van der Waals surface area contributed by atoms with Crippen molar-refractivity contribution in [2.24, 2.45) is 0 Å². The van der Waals surface area contributed by atoms with Crippen LogP contribution in [0.2, 0.25) is 0 Å². The molecule has 2 aliphatic carbocycles. The van der Waals surface area contributed by atoms with Gasteiger partial charge in [0.05, 0.1) is 0 Å².